The van der Waals surface area contributed by atoms with E-state index in [-0.39, 0.29) is 23.7 Å². The van der Waals surface area contributed by atoms with E-state index < -0.39 is 36.0 Å². The molecular weight excluding hydrogens is 444 g/mol. The first-order chi connectivity index (χ1) is 16.6. The number of aliphatic hydroxyl groups is 1. The molecule has 35 heavy (non-hydrogen) atoms. The van der Waals surface area contributed by atoms with Crippen LogP contribution in [0.3, 0.4) is 0 Å². The first-order valence-electron chi connectivity index (χ1n) is 12.8. The highest BCUT2D eigenvalue weighted by Crippen LogP contribution is 2.63. The predicted molar refractivity (Wildman–Crippen MR) is 132 cm³/mol. The Morgan fingerprint density at radius 3 is 2.60 bits per heavy atom. The summed E-state index contributed by atoms with van der Waals surface area (Å²) in [6.45, 7) is 9.73. The summed E-state index contributed by atoms with van der Waals surface area (Å²) in [5.74, 6) is -0.390. The van der Waals surface area contributed by atoms with Crippen LogP contribution in [0.15, 0.2) is 36.4 Å². The van der Waals surface area contributed by atoms with E-state index >= 15 is 0 Å². The molecule has 7 atom stereocenters. The highest BCUT2D eigenvalue weighted by atomic mass is 16.6. The molecule has 6 nitrogen and oxygen atoms in total. The molecule has 0 amide bonds. The van der Waals surface area contributed by atoms with Crippen LogP contribution in [0.5, 0.6) is 0 Å². The van der Waals surface area contributed by atoms with Gasteiger partial charge in [-0.1, -0.05) is 51.1 Å². The molecule has 0 aromatic heterocycles. The quantitative estimate of drug-likeness (QED) is 0.618. The number of fused-ring (bicyclic) bond motifs is 5. The van der Waals surface area contributed by atoms with Crippen molar-refractivity contribution in [3.63, 3.8) is 0 Å². The Morgan fingerprint density at radius 1 is 1.14 bits per heavy atom. The number of benzene rings is 2. The van der Waals surface area contributed by atoms with E-state index in [0.29, 0.717) is 17.9 Å². The lowest BCUT2D eigenvalue weighted by atomic mass is 9.69. The molecular formula is C29H36O6. The summed E-state index contributed by atoms with van der Waals surface area (Å²) in [7, 11) is 0. The lowest BCUT2D eigenvalue weighted by molar-refractivity contribution is -0.259. The van der Waals surface area contributed by atoms with Gasteiger partial charge in [-0.2, -0.15) is 0 Å². The zero-order chi connectivity index (χ0) is 25.1. The molecule has 0 unspecified atom stereocenters. The van der Waals surface area contributed by atoms with Gasteiger partial charge in [-0.05, 0) is 66.8 Å². The van der Waals surface area contributed by atoms with Crippen LogP contribution in [0.1, 0.15) is 62.9 Å². The summed E-state index contributed by atoms with van der Waals surface area (Å²) in [6.07, 6.45) is 1.43. The number of ether oxygens (including phenoxy) is 3. The van der Waals surface area contributed by atoms with Crippen LogP contribution < -0.4 is 0 Å². The fourth-order valence-electron chi connectivity index (χ4n) is 7.27. The van der Waals surface area contributed by atoms with Gasteiger partial charge >= 0.3 is 11.9 Å². The minimum Gasteiger partial charge on any atom is -0.457 e. The topological polar surface area (TPSA) is 82.1 Å². The molecule has 1 N–H and O–H groups in total. The van der Waals surface area contributed by atoms with Crippen molar-refractivity contribution < 1.29 is 28.9 Å². The smallest absolute Gasteiger partial charge is 0.338 e. The first kappa shape index (κ1) is 24.3. The molecule has 5 rings (SSSR count). The highest BCUT2D eigenvalue weighted by Gasteiger charge is 2.72. The molecule has 188 valence electrons. The summed E-state index contributed by atoms with van der Waals surface area (Å²) in [6, 6.07) is 11.9. The maximum Gasteiger partial charge on any atom is 0.338 e. The number of aryl methyl sites for hydroxylation is 1. The molecule has 2 aromatic rings. The normalized spacial score (nSPS) is 35.8. The number of hydrogen-bond donors (Lipinski definition) is 1. The third-order valence-corrected chi connectivity index (χ3v) is 9.21. The van der Waals surface area contributed by atoms with E-state index in [1.807, 2.05) is 50.2 Å². The van der Waals surface area contributed by atoms with E-state index in [1.54, 1.807) is 0 Å². The number of rotatable bonds is 5. The van der Waals surface area contributed by atoms with Crippen molar-refractivity contribution in [3.8, 4) is 0 Å². The van der Waals surface area contributed by atoms with Crippen molar-refractivity contribution >= 4 is 22.7 Å². The van der Waals surface area contributed by atoms with Crippen LogP contribution in [-0.4, -0.2) is 47.1 Å². The van der Waals surface area contributed by atoms with E-state index in [9.17, 15) is 14.7 Å². The Labute approximate surface area is 206 Å². The van der Waals surface area contributed by atoms with Gasteiger partial charge in [0.1, 0.15) is 30.0 Å². The number of esters is 2. The Kier molecular flexibility index (Phi) is 5.96. The van der Waals surface area contributed by atoms with Crippen molar-refractivity contribution in [2.24, 2.45) is 23.7 Å². The molecule has 2 saturated heterocycles. The zero-order valence-corrected chi connectivity index (χ0v) is 21.2. The minimum absolute atomic E-state index is 0.0314. The van der Waals surface area contributed by atoms with Gasteiger partial charge in [-0.25, -0.2) is 9.59 Å². The van der Waals surface area contributed by atoms with Crippen molar-refractivity contribution in [1.82, 2.24) is 0 Å². The third-order valence-electron chi connectivity index (χ3n) is 9.21. The fourth-order valence-corrected chi connectivity index (χ4v) is 7.27. The number of aliphatic hydroxyl groups excluding tert-OH is 1. The SMILES string of the molecule is Cc1c(C(=O)O[C@H]2[C@@H]3[C@H](C)CC[C@H]3[C@]3(C)O[C@@]2(C(C)C)C[C@H]3OC(=O)CO)ccc2ccccc12. The van der Waals surface area contributed by atoms with Gasteiger partial charge in [0.2, 0.25) is 0 Å². The lowest BCUT2D eigenvalue weighted by Gasteiger charge is -2.53. The third kappa shape index (κ3) is 3.60. The summed E-state index contributed by atoms with van der Waals surface area (Å²) in [5, 5.41) is 11.5. The number of hydrogen-bond acceptors (Lipinski definition) is 6. The maximum atomic E-state index is 13.7. The van der Waals surface area contributed by atoms with Crippen LogP contribution >= 0.6 is 0 Å². The second-order valence-corrected chi connectivity index (χ2v) is 11.3. The predicted octanol–water partition coefficient (Wildman–Crippen LogP) is 4.83. The van der Waals surface area contributed by atoms with Crippen LogP contribution in [0.2, 0.25) is 0 Å². The van der Waals surface area contributed by atoms with Gasteiger partial charge in [-0.15, -0.1) is 0 Å². The number of carbonyl (C=O) groups excluding carboxylic acids is 2. The van der Waals surface area contributed by atoms with E-state index in [4.69, 9.17) is 14.2 Å². The average molecular weight is 481 g/mol. The van der Waals surface area contributed by atoms with Gasteiger partial charge in [0.05, 0.1) is 5.56 Å². The lowest BCUT2D eigenvalue weighted by Crippen LogP contribution is -2.62. The Bertz CT molecular complexity index is 1160. The molecule has 1 saturated carbocycles. The summed E-state index contributed by atoms with van der Waals surface area (Å²) in [5.41, 5.74) is 0.0339. The van der Waals surface area contributed by atoms with Gasteiger partial charge in [0, 0.05) is 12.3 Å². The van der Waals surface area contributed by atoms with Crippen LogP contribution in [0.25, 0.3) is 10.8 Å². The minimum atomic E-state index is -0.769. The summed E-state index contributed by atoms with van der Waals surface area (Å²) >= 11 is 0. The largest absolute Gasteiger partial charge is 0.457 e. The molecule has 2 aliphatic heterocycles. The zero-order valence-electron chi connectivity index (χ0n) is 21.2. The van der Waals surface area contributed by atoms with E-state index in [0.717, 1.165) is 29.2 Å². The Balaban J connectivity index is 1.54. The van der Waals surface area contributed by atoms with E-state index in [1.165, 1.54) is 0 Å². The van der Waals surface area contributed by atoms with Crippen LogP contribution in [0.4, 0.5) is 0 Å². The van der Waals surface area contributed by atoms with Crippen LogP contribution in [0, 0.1) is 30.6 Å². The highest BCUT2D eigenvalue weighted by molar-refractivity contribution is 5.98. The van der Waals surface area contributed by atoms with Crippen molar-refractivity contribution in [1.29, 1.82) is 0 Å². The van der Waals surface area contributed by atoms with Crippen LogP contribution in [-0.2, 0) is 19.0 Å². The standard InChI is InChI=1S/C29H36O6/c1-16(2)29-14-23(33-24(31)15-30)28(5,35-29)22-13-10-17(3)25(22)26(29)34-27(32)21-12-11-19-8-6-7-9-20(19)18(21)4/h6-9,11-12,16-17,22-23,25-26,30H,10,13-15H2,1-5H3/t17-,22-,23-,25-,26+,28+,29-/m1/s1. The molecule has 2 heterocycles. The monoisotopic (exact) mass is 480 g/mol. The molecule has 6 heteroatoms. The van der Waals surface area contributed by atoms with Crippen molar-refractivity contribution in [2.45, 2.75) is 77.3 Å². The molecule has 0 radical (unpaired) electrons. The summed E-state index contributed by atoms with van der Waals surface area (Å²) in [4.78, 5) is 25.8. The summed E-state index contributed by atoms with van der Waals surface area (Å²) < 4.78 is 19.1. The molecule has 2 aromatic carbocycles. The first-order valence-corrected chi connectivity index (χ1v) is 12.8. The molecule has 0 spiro atoms. The maximum absolute atomic E-state index is 13.7. The molecule has 3 aliphatic rings. The van der Waals surface area contributed by atoms with Gasteiger partial charge in [0.25, 0.3) is 0 Å². The molecule has 3 fully saturated rings. The van der Waals surface area contributed by atoms with E-state index in [2.05, 4.69) is 20.8 Å². The van der Waals surface area contributed by atoms with Crippen molar-refractivity contribution in [3.05, 3.63) is 47.5 Å². The molecule has 1 aliphatic carbocycles. The second-order valence-electron chi connectivity index (χ2n) is 11.3. The second kappa shape index (κ2) is 8.59. The van der Waals surface area contributed by atoms with Gasteiger partial charge in [0.15, 0.2) is 0 Å². The van der Waals surface area contributed by atoms with Gasteiger partial charge in [-0.3, -0.25) is 0 Å². The number of carbonyl (C=O) groups is 2. The Hall–Kier alpha value is -2.44. The fraction of sp³-hybridized carbons (Fsp3) is 0.586. The van der Waals surface area contributed by atoms with Gasteiger partial charge < -0.3 is 19.3 Å². The average Bonchev–Trinajstić information content (AvgIpc) is 3.35. The Morgan fingerprint density at radius 2 is 1.89 bits per heavy atom. The van der Waals surface area contributed by atoms with Crippen molar-refractivity contribution in [2.75, 3.05) is 6.61 Å². The molecule has 2 bridgehead atoms.